The van der Waals surface area contributed by atoms with E-state index >= 15 is 0 Å². The van der Waals surface area contributed by atoms with Gasteiger partial charge >= 0.3 is 0 Å². The first kappa shape index (κ1) is 6.71. The van der Waals surface area contributed by atoms with Gasteiger partial charge in [0.25, 0.3) is 0 Å². The van der Waals surface area contributed by atoms with Crippen molar-refractivity contribution in [1.29, 1.82) is 0 Å². The first-order valence-corrected chi connectivity index (χ1v) is 4.02. The van der Waals surface area contributed by atoms with E-state index in [1.807, 2.05) is 18.2 Å². The van der Waals surface area contributed by atoms with Crippen LogP contribution in [0.4, 0.5) is 0 Å². The second-order valence-corrected chi connectivity index (χ2v) is 2.94. The highest BCUT2D eigenvalue weighted by Gasteiger charge is 2.35. The van der Waals surface area contributed by atoms with Crippen LogP contribution in [0.1, 0.15) is 15.9 Å². The first-order valence-electron chi connectivity index (χ1n) is 4.02. The van der Waals surface area contributed by atoms with E-state index in [0.29, 0.717) is 17.1 Å². The van der Waals surface area contributed by atoms with E-state index in [9.17, 15) is 4.79 Å². The number of carbonyl (C=O) groups is 1. The highest BCUT2D eigenvalue weighted by atomic mass is 16.7. The lowest BCUT2D eigenvalue weighted by Gasteiger charge is -2.02. The predicted octanol–water partition coefficient (Wildman–Crippen LogP) is 1.56. The Morgan fingerprint density at radius 1 is 1.00 bits per heavy atom. The molecule has 64 valence electrons. The van der Waals surface area contributed by atoms with Gasteiger partial charge in [0.05, 0.1) is 0 Å². The Kier molecular flexibility index (Phi) is 1.10. The Morgan fingerprint density at radius 3 is 2.54 bits per heavy atom. The summed E-state index contributed by atoms with van der Waals surface area (Å²) in [5, 5.41) is 0. The highest BCUT2D eigenvalue weighted by molar-refractivity contribution is 6.18. The van der Waals surface area contributed by atoms with Gasteiger partial charge in [-0.15, -0.1) is 0 Å². The Balaban J connectivity index is 2.28. The number of hydrogen-bond acceptors (Lipinski definition) is 3. The molecule has 0 radical (unpaired) electrons. The lowest BCUT2D eigenvalue weighted by atomic mass is 10.1. The third-order valence-corrected chi connectivity index (χ3v) is 2.24. The Bertz CT molecular complexity index is 432. The van der Waals surface area contributed by atoms with Crippen molar-refractivity contribution in [1.82, 2.24) is 0 Å². The highest BCUT2D eigenvalue weighted by Crippen LogP contribution is 2.37. The minimum atomic E-state index is -0.0666. The standard InChI is InChI=1S/C10H6O3/c11-8-6-3-1-2-4-7(6)9-10(8)13-5-12-9/h1-4H,5H2. The monoisotopic (exact) mass is 174 g/mol. The van der Waals surface area contributed by atoms with Gasteiger partial charge in [-0.05, 0) is 0 Å². The van der Waals surface area contributed by atoms with Gasteiger partial charge in [-0.2, -0.15) is 0 Å². The molecule has 3 nitrogen and oxygen atoms in total. The van der Waals surface area contributed by atoms with Crippen LogP contribution >= 0.6 is 0 Å². The van der Waals surface area contributed by atoms with Crippen LogP contribution in [0.2, 0.25) is 0 Å². The molecule has 13 heavy (non-hydrogen) atoms. The van der Waals surface area contributed by atoms with E-state index < -0.39 is 0 Å². The molecule has 0 saturated carbocycles. The number of ketones is 1. The summed E-state index contributed by atoms with van der Waals surface area (Å²) in [5.41, 5.74) is 1.52. The molecule has 1 heterocycles. The number of benzene rings is 1. The second-order valence-electron chi connectivity index (χ2n) is 2.94. The Morgan fingerprint density at radius 2 is 1.69 bits per heavy atom. The number of rotatable bonds is 0. The van der Waals surface area contributed by atoms with Crippen molar-refractivity contribution in [2.45, 2.75) is 0 Å². The van der Waals surface area contributed by atoms with Gasteiger partial charge in [0, 0.05) is 11.1 Å². The van der Waals surface area contributed by atoms with Crippen molar-refractivity contribution in [2.24, 2.45) is 0 Å². The smallest absolute Gasteiger partial charge is 0.232 e. The van der Waals surface area contributed by atoms with Crippen LogP contribution in [0.15, 0.2) is 30.0 Å². The lowest BCUT2D eigenvalue weighted by Crippen LogP contribution is -2.01. The zero-order valence-electron chi connectivity index (χ0n) is 6.74. The molecule has 0 atom stereocenters. The summed E-state index contributed by atoms with van der Waals surface area (Å²) in [7, 11) is 0. The topological polar surface area (TPSA) is 35.5 Å². The summed E-state index contributed by atoms with van der Waals surface area (Å²) < 4.78 is 10.3. The van der Waals surface area contributed by atoms with Crippen LogP contribution in [-0.2, 0) is 9.47 Å². The fourth-order valence-electron chi connectivity index (χ4n) is 1.65. The number of hydrogen-bond donors (Lipinski definition) is 0. The molecule has 2 aliphatic rings. The minimum absolute atomic E-state index is 0.0666. The van der Waals surface area contributed by atoms with Crippen LogP contribution in [0.3, 0.4) is 0 Å². The Labute approximate surface area is 74.6 Å². The molecule has 0 aromatic heterocycles. The first-order chi connectivity index (χ1) is 6.38. The molecule has 1 aromatic rings. The molecule has 0 saturated heterocycles. The molecule has 1 aliphatic carbocycles. The van der Waals surface area contributed by atoms with E-state index in [4.69, 9.17) is 9.47 Å². The summed E-state index contributed by atoms with van der Waals surface area (Å²) in [6.07, 6.45) is 0. The fourth-order valence-corrected chi connectivity index (χ4v) is 1.65. The quantitative estimate of drug-likeness (QED) is 0.598. The number of carbonyl (C=O) groups excluding carboxylic acids is 1. The van der Waals surface area contributed by atoms with Crippen LogP contribution in [0.5, 0.6) is 0 Å². The van der Waals surface area contributed by atoms with Gasteiger partial charge in [-0.3, -0.25) is 4.79 Å². The summed E-state index contributed by atoms with van der Waals surface area (Å²) in [5.74, 6) is 0.893. The number of allylic oxidation sites excluding steroid dienone is 1. The molecule has 1 aromatic carbocycles. The fraction of sp³-hybridized carbons (Fsp3) is 0.100. The summed E-state index contributed by atoms with van der Waals surface area (Å²) >= 11 is 0. The number of ether oxygens (including phenoxy) is 2. The van der Waals surface area contributed by atoms with Gasteiger partial charge in [-0.25, -0.2) is 0 Å². The van der Waals surface area contributed by atoms with Gasteiger partial charge in [0.15, 0.2) is 5.76 Å². The van der Waals surface area contributed by atoms with Crippen molar-refractivity contribution in [2.75, 3.05) is 6.79 Å². The molecule has 3 rings (SSSR count). The second kappa shape index (κ2) is 2.13. The van der Waals surface area contributed by atoms with E-state index in [1.165, 1.54) is 0 Å². The van der Waals surface area contributed by atoms with Gasteiger partial charge in [0.1, 0.15) is 0 Å². The Hall–Kier alpha value is -1.77. The molecule has 3 heteroatoms. The van der Waals surface area contributed by atoms with E-state index in [1.54, 1.807) is 6.07 Å². The van der Waals surface area contributed by atoms with Crippen LogP contribution in [0, 0.1) is 0 Å². The summed E-state index contributed by atoms with van der Waals surface area (Å²) in [6.45, 7) is 0.157. The normalized spacial score (nSPS) is 18.0. The minimum Gasteiger partial charge on any atom is -0.453 e. The summed E-state index contributed by atoms with van der Waals surface area (Å²) in [6, 6.07) is 7.36. The van der Waals surface area contributed by atoms with Crippen molar-refractivity contribution >= 4 is 11.5 Å². The van der Waals surface area contributed by atoms with Crippen molar-refractivity contribution in [3.05, 3.63) is 41.2 Å². The predicted molar refractivity (Wildman–Crippen MR) is 44.7 cm³/mol. The van der Waals surface area contributed by atoms with Crippen molar-refractivity contribution in [3.8, 4) is 0 Å². The molecule has 0 unspecified atom stereocenters. The average molecular weight is 174 g/mol. The number of Topliss-reactive ketones (excluding diaryl/α,β-unsaturated/α-hetero) is 1. The third kappa shape index (κ3) is 0.710. The maximum atomic E-state index is 11.6. The molecule has 0 N–H and O–H groups in total. The third-order valence-electron chi connectivity index (χ3n) is 2.24. The maximum Gasteiger partial charge on any atom is 0.232 e. The molecule has 0 spiro atoms. The van der Waals surface area contributed by atoms with Gasteiger partial charge in [-0.1, -0.05) is 24.3 Å². The van der Waals surface area contributed by atoms with Gasteiger partial charge in [0.2, 0.25) is 18.3 Å². The molecular weight excluding hydrogens is 168 g/mol. The maximum absolute atomic E-state index is 11.6. The molecule has 1 aliphatic heterocycles. The van der Waals surface area contributed by atoms with E-state index in [0.717, 1.165) is 5.56 Å². The van der Waals surface area contributed by atoms with Crippen LogP contribution in [-0.4, -0.2) is 12.6 Å². The molecule has 0 amide bonds. The van der Waals surface area contributed by atoms with Crippen molar-refractivity contribution in [3.63, 3.8) is 0 Å². The van der Waals surface area contributed by atoms with E-state index in [-0.39, 0.29) is 12.6 Å². The summed E-state index contributed by atoms with van der Waals surface area (Å²) in [4.78, 5) is 11.6. The van der Waals surface area contributed by atoms with Crippen LogP contribution in [0.25, 0.3) is 5.76 Å². The van der Waals surface area contributed by atoms with Gasteiger partial charge < -0.3 is 9.47 Å². The number of fused-ring (bicyclic) bond motifs is 2. The molecular formula is C10H6O3. The zero-order valence-corrected chi connectivity index (χ0v) is 6.74. The molecule has 0 bridgehead atoms. The van der Waals surface area contributed by atoms with Crippen LogP contribution < -0.4 is 0 Å². The largest absolute Gasteiger partial charge is 0.453 e. The average Bonchev–Trinajstić information content (AvgIpc) is 2.72. The SMILES string of the molecule is O=C1C2=C(OCO2)c2ccccc21. The lowest BCUT2D eigenvalue weighted by molar-refractivity contribution is 0.0700. The van der Waals surface area contributed by atoms with Crippen molar-refractivity contribution < 1.29 is 14.3 Å². The zero-order chi connectivity index (χ0) is 8.84. The molecule has 0 fully saturated rings. The van der Waals surface area contributed by atoms with E-state index in [2.05, 4.69) is 0 Å².